The summed E-state index contributed by atoms with van der Waals surface area (Å²) >= 11 is 0. The molecule has 27 heteroatoms. The summed E-state index contributed by atoms with van der Waals surface area (Å²) in [6.07, 6.45) is -44.7. The topological polar surface area (TPSA) is 381 Å². The summed E-state index contributed by atoms with van der Waals surface area (Å²) in [4.78, 5) is 0. The molecule has 27 nitrogen and oxygen atoms in total. The Morgan fingerprint density at radius 2 is 0.492 bits per heavy atom. The quantitative estimate of drug-likeness (QED) is 0.125. The normalized spacial score (nSPS) is 59.4. The molecule has 0 saturated carbocycles. The lowest BCUT2D eigenvalue weighted by Gasteiger charge is -2.49. The minimum atomic E-state index is -1.97. The first-order valence-electron chi connectivity index (χ1n) is 21.0. The summed E-state index contributed by atoms with van der Waals surface area (Å²) in [6.45, 7) is -2.85. The van der Waals surface area contributed by atoms with Crippen LogP contribution in [0.3, 0.4) is 0 Å². The summed E-state index contributed by atoms with van der Waals surface area (Å²) in [5.41, 5.74) is 0. The number of aliphatic hydroxyl groups excluding tert-OH is 12. The molecule has 0 aliphatic carbocycles. The van der Waals surface area contributed by atoms with Crippen molar-refractivity contribution in [1.29, 1.82) is 0 Å². The Morgan fingerprint density at radius 3 is 0.746 bits per heavy atom. The smallest absolute Gasteiger partial charge is 0.187 e. The summed E-state index contributed by atoms with van der Waals surface area (Å²) in [7, 11) is 0. The molecular formula is C36H54O27. The first-order chi connectivity index (χ1) is 30.3. The molecule has 63 heavy (non-hydrogen) atoms. The molecule has 0 aromatic rings. The maximum absolute atomic E-state index is 11.4. The van der Waals surface area contributed by atoms with Crippen molar-refractivity contribution in [2.75, 3.05) is 39.6 Å². The van der Waals surface area contributed by atoms with Crippen LogP contribution < -0.4 is 0 Å². The van der Waals surface area contributed by atoms with Gasteiger partial charge in [0.15, 0.2) is 37.7 Å². The lowest BCUT2D eigenvalue weighted by molar-refractivity contribution is -0.389. The van der Waals surface area contributed by atoms with Crippen LogP contribution >= 0.6 is 0 Å². The third-order valence-electron chi connectivity index (χ3n) is 13.4. The van der Waals surface area contributed by atoms with Gasteiger partial charge in [-0.2, -0.15) is 0 Å². The molecule has 18 bridgehead atoms. The molecular weight excluding hydrogens is 864 g/mol. The van der Waals surface area contributed by atoms with E-state index < -0.39 is 204 Å². The zero-order valence-electron chi connectivity index (χ0n) is 33.1. The van der Waals surface area contributed by atoms with Crippen LogP contribution in [-0.4, -0.2) is 285 Å². The SMILES string of the molecule is OC[C@H]1O[C@@H]2O[C@H]3[C@H]4OC[C@@H]3O[C@H](O[C@H]3[C@H]5OC[C@@H]3O[C@H](O[C@H]3[C@H](O)[C@@H](O)[C@@H](O[C@H]6[C@H]7OC[C@H]6O[C@H](O[C@H]6[C@H](O)[C@@H](O)[C@@H](O[C@H]1[C@H](O)[C@H]2O)O[C@@H]6CO)[C@@H]7O)O[C@@H]3CO)[C@@H]5O)[C@@H]4O. The second-order valence-electron chi connectivity index (χ2n) is 17.2. The van der Waals surface area contributed by atoms with Crippen LogP contribution in [0.25, 0.3) is 0 Å². The molecule has 0 amide bonds. The number of ether oxygens (including phenoxy) is 15. The Balaban J connectivity index is 0.918. The summed E-state index contributed by atoms with van der Waals surface area (Å²) < 4.78 is 88.4. The Hall–Kier alpha value is -1.08. The third-order valence-corrected chi connectivity index (χ3v) is 13.4. The largest absolute Gasteiger partial charge is 0.394 e. The van der Waals surface area contributed by atoms with E-state index in [4.69, 9.17) is 71.1 Å². The Labute approximate surface area is 356 Å². The highest BCUT2D eigenvalue weighted by atomic mass is 16.8. The van der Waals surface area contributed by atoms with Gasteiger partial charge >= 0.3 is 0 Å². The van der Waals surface area contributed by atoms with E-state index in [9.17, 15) is 61.3 Å². The van der Waals surface area contributed by atoms with Crippen molar-refractivity contribution in [3.8, 4) is 0 Å². The van der Waals surface area contributed by atoms with Gasteiger partial charge in [0.1, 0.15) is 146 Å². The highest BCUT2D eigenvalue weighted by Gasteiger charge is 2.62. The molecule has 0 aromatic carbocycles. The number of hydrogen-bond acceptors (Lipinski definition) is 27. The number of aliphatic hydroxyl groups is 12. The first kappa shape index (κ1) is 45.7. The van der Waals surface area contributed by atoms with E-state index >= 15 is 0 Å². The van der Waals surface area contributed by atoms with Gasteiger partial charge in [0.05, 0.1) is 39.6 Å². The highest BCUT2D eigenvalue weighted by Crippen LogP contribution is 2.42. The predicted molar refractivity (Wildman–Crippen MR) is 186 cm³/mol. The fourth-order valence-corrected chi connectivity index (χ4v) is 10.0. The molecule has 27 fully saturated rings. The molecule has 0 spiro atoms. The first-order valence-corrected chi connectivity index (χ1v) is 21.0. The van der Waals surface area contributed by atoms with Gasteiger partial charge in [0, 0.05) is 0 Å². The molecule has 360 valence electrons. The van der Waals surface area contributed by atoms with E-state index in [0.717, 1.165) is 0 Å². The average molecular weight is 919 g/mol. The van der Waals surface area contributed by atoms with Gasteiger partial charge in [-0.1, -0.05) is 0 Å². The summed E-state index contributed by atoms with van der Waals surface area (Å²) in [5.74, 6) is 0. The molecule has 27 rings (SSSR count). The average Bonchev–Trinajstić information content (AvgIpc) is 3.88. The maximum Gasteiger partial charge on any atom is 0.187 e. The molecule has 27 saturated heterocycles. The zero-order valence-corrected chi connectivity index (χ0v) is 33.1. The van der Waals surface area contributed by atoms with Crippen LogP contribution in [-0.2, 0) is 71.1 Å². The minimum absolute atomic E-state index is 0.105. The van der Waals surface area contributed by atoms with E-state index in [1.165, 1.54) is 0 Å². The van der Waals surface area contributed by atoms with Gasteiger partial charge < -0.3 is 132 Å². The molecule has 27 heterocycles. The molecule has 0 radical (unpaired) electrons. The monoisotopic (exact) mass is 918 g/mol. The Kier molecular flexibility index (Phi) is 13.1. The van der Waals surface area contributed by atoms with Crippen LogP contribution in [0.2, 0.25) is 0 Å². The van der Waals surface area contributed by atoms with Crippen molar-refractivity contribution in [2.24, 2.45) is 0 Å². The van der Waals surface area contributed by atoms with Crippen LogP contribution in [0.15, 0.2) is 0 Å². The standard InChI is InChI=1S/C36H54O27/c37-1-7-22-14(41)17(44)32(53-7)62-26-11-5-51-30(26)21(48)36(57-11)63-27-12-6-50-29(27)20(47)35(56-12)60-24-9(3-39)54-33(18(45)15(24)42)61-25-10-4-49-28(25)19(46)34(55-10)59-23-8(2-38)52-31(58-22)16(43)13(23)40/h7-48H,1-6H2/t7-,8-,9-,10-,11+,12+,13-,14-,15-,16-,17-,18-,19-,20-,21-,22-,23-,24-,25-,26-,27-,28+,29+,30+,31-,32-,33-,34-,35-,36-/m1/s1. The van der Waals surface area contributed by atoms with Crippen molar-refractivity contribution in [3.63, 3.8) is 0 Å². The molecule has 27 aliphatic heterocycles. The second-order valence-corrected chi connectivity index (χ2v) is 17.2. The van der Waals surface area contributed by atoms with Gasteiger partial charge in [-0.3, -0.25) is 0 Å². The van der Waals surface area contributed by atoms with Crippen molar-refractivity contribution in [3.05, 3.63) is 0 Å². The molecule has 12 N–H and O–H groups in total. The van der Waals surface area contributed by atoms with Gasteiger partial charge in [0.25, 0.3) is 0 Å². The van der Waals surface area contributed by atoms with E-state index in [0.29, 0.717) is 0 Å². The van der Waals surface area contributed by atoms with Crippen LogP contribution in [0.1, 0.15) is 0 Å². The Bertz CT molecular complexity index is 1560. The summed E-state index contributed by atoms with van der Waals surface area (Å²) in [6, 6.07) is 0. The second kappa shape index (κ2) is 18.1. The van der Waals surface area contributed by atoms with Crippen LogP contribution in [0, 0.1) is 0 Å². The van der Waals surface area contributed by atoms with Crippen LogP contribution in [0.5, 0.6) is 0 Å². The lowest BCUT2D eigenvalue weighted by Crippen LogP contribution is -2.67. The van der Waals surface area contributed by atoms with E-state index in [-0.39, 0.29) is 19.8 Å². The Morgan fingerprint density at radius 1 is 0.254 bits per heavy atom. The van der Waals surface area contributed by atoms with Gasteiger partial charge in [-0.15, -0.1) is 0 Å². The fourth-order valence-electron chi connectivity index (χ4n) is 10.0. The molecule has 30 atom stereocenters. The van der Waals surface area contributed by atoms with E-state index in [2.05, 4.69) is 0 Å². The zero-order chi connectivity index (χ0) is 44.2. The predicted octanol–water partition coefficient (Wildman–Crippen LogP) is -9.92. The van der Waals surface area contributed by atoms with Crippen molar-refractivity contribution in [1.82, 2.24) is 0 Å². The van der Waals surface area contributed by atoms with Gasteiger partial charge in [-0.05, 0) is 0 Å². The van der Waals surface area contributed by atoms with Gasteiger partial charge in [-0.25, -0.2) is 0 Å². The minimum Gasteiger partial charge on any atom is -0.394 e. The summed E-state index contributed by atoms with van der Waals surface area (Å²) in [5, 5.41) is 133. The molecule has 27 aliphatic rings. The van der Waals surface area contributed by atoms with Gasteiger partial charge in [0.2, 0.25) is 0 Å². The highest BCUT2D eigenvalue weighted by molar-refractivity contribution is 5.04. The van der Waals surface area contributed by atoms with Crippen LogP contribution in [0.4, 0.5) is 0 Å². The lowest BCUT2D eigenvalue weighted by atomic mass is 9.95. The van der Waals surface area contributed by atoms with E-state index in [1.54, 1.807) is 0 Å². The molecule has 0 unspecified atom stereocenters. The van der Waals surface area contributed by atoms with Crippen molar-refractivity contribution < 1.29 is 132 Å². The third kappa shape index (κ3) is 7.87. The number of rotatable bonds is 3. The van der Waals surface area contributed by atoms with Crippen molar-refractivity contribution >= 4 is 0 Å². The number of hydrogen-bond donors (Lipinski definition) is 12. The maximum atomic E-state index is 11.4. The molecule has 0 aromatic heterocycles. The fraction of sp³-hybridized carbons (Fsp3) is 1.00. The van der Waals surface area contributed by atoms with E-state index in [1.807, 2.05) is 0 Å². The van der Waals surface area contributed by atoms with Crippen molar-refractivity contribution in [2.45, 2.75) is 184 Å².